The molecule has 1 aliphatic carbocycles. The van der Waals surface area contributed by atoms with Crippen LogP contribution in [-0.4, -0.2) is 47.6 Å². The highest BCUT2D eigenvalue weighted by Gasteiger charge is 2.56. The first-order chi connectivity index (χ1) is 11.8. The number of aliphatic carboxylic acids is 1. The Morgan fingerprint density at radius 1 is 1.40 bits per heavy atom. The molecule has 1 N–H and O–H groups in total. The smallest absolute Gasteiger partial charge is 0.311 e. The molecule has 136 valence electrons. The van der Waals surface area contributed by atoms with Crippen LogP contribution in [-0.2, 0) is 21.2 Å². The van der Waals surface area contributed by atoms with Crippen molar-refractivity contribution in [3.05, 3.63) is 39.9 Å². The molecule has 0 spiro atoms. The number of fused-ring (bicyclic) bond motifs is 1. The number of carbonyl (C=O) groups is 1. The molecule has 1 saturated carbocycles. The van der Waals surface area contributed by atoms with Crippen molar-refractivity contribution < 1.29 is 23.2 Å². The minimum absolute atomic E-state index is 0.00617. The van der Waals surface area contributed by atoms with Gasteiger partial charge in [-0.05, 0) is 25.2 Å². The van der Waals surface area contributed by atoms with Crippen LogP contribution in [0.4, 0.5) is 5.69 Å². The predicted octanol–water partition coefficient (Wildman–Crippen LogP) is 1.65. The van der Waals surface area contributed by atoms with Gasteiger partial charge in [-0.15, -0.1) is 0 Å². The number of benzene rings is 1. The van der Waals surface area contributed by atoms with Crippen molar-refractivity contribution in [3.8, 4) is 0 Å². The third-order valence-electron chi connectivity index (χ3n) is 5.48. The van der Waals surface area contributed by atoms with E-state index in [1.54, 1.807) is 12.1 Å². The second-order valence-electron chi connectivity index (χ2n) is 6.79. The highest BCUT2D eigenvalue weighted by Crippen LogP contribution is 2.49. The van der Waals surface area contributed by atoms with Crippen molar-refractivity contribution in [2.45, 2.75) is 25.7 Å². The lowest BCUT2D eigenvalue weighted by Crippen LogP contribution is -2.38. The first-order valence-electron chi connectivity index (χ1n) is 8.20. The lowest BCUT2D eigenvalue weighted by Gasteiger charge is -2.23. The van der Waals surface area contributed by atoms with Crippen LogP contribution < -0.4 is 0 Å². The molecule has 1 saturated heterocycles. The van der Waals surface area contributed by atoms with Crippen molar-refractivity contribution in [1.82, 2.24) is 4.31 Å². The van der Waals surface area contributed by atoms with Gasteiger partial charge in [0.25, 0.3) is 5.69 Å². The van der Waals surface area contributed by atoms with Gasteiger partial charge in [0.2, 0.25) is 10.0 Å². The predicted molar refractivity (Wildman–Crippen MR) is 89.6 cm³/mol. The maximum atomic E-state index is 12.6. The summed E-state index contributed by atoms with van der Waals surface area (Å²) in [6.07, 6.45) is 2.06. The molecule has 1 heterocycles. The number of aryl methyl sites for hydroxylation is 1. The minimum Gasteiger partial charge on any atom is -0.481 e. The van der Waals surface area contributed by atoms with Crippen LogP contribution in [0.5, 0.6) is 0 Å². The standard InChI is InChI=1S/C16H20N2O6S/c19-15(20)16-8-3-5-13(16)10-17(11-16)25(23,24)9-7-12-4-1-2-6-14(12)18(21)22/h1-2,4,6,13H,3,5,7-11H2,(H,19,20)/t13-,16+/m0/s1. The number of nitrogens with zero attached hydrogens (tertiary/aromatic N) is 2. The van der Waals surface area contributed by atoms with Crippen molar-refractivity contribution in [1.29, 1.82) is 0 Å². The molecular formula is C16H20N2O6S. The number of para-hydroxylation sites is 1. The molecule has 0 amide bonds. The molecule has 1 aromatic carbocycles. The third-order valence-corrected chi connectivity index (χ3v) is 7.26. The number of carboxylic acids is 1. The summed E-state index contributed by atoms with van der Waals surface area (Å²) < 4.78 is 26.6. The van der Waals surface area contributed by atoms with E-state index < -0.39 is 26.3 Å². The van der Waals surface area contributed by atoms with E-state index in [1.165, 1.54) is 16.4 Å². The fourth-order valence-corrected chi connectivity index (χ4v) is 5.64. The van der Waals surface area contributed by atoms with Gasteiger partial charge in [0, 0.05) is 24.7 Å². The molecule has 0 bridgehead atoms. The molecule has 3 rings (SSSR count). The summed E-state index contributed by atoms with van der Waals surface area (Å²) in [7, 11) is -3.67. The number of rotatable bonds is 6. The maximum Gasteiger partial charge on any atom is 0.311 e. The molecule has 1 aliphatic heterocycles. The van der Waals surface area contributed by atoms with Crippen LogP contribution in [0.25, 0.3) is 0 Å². The Morgan fingerprint density at radius 2 is 2.12 bits per heavy atom. The Labute approximate surface area is 145 Å². The first-order valence-corrected chi connectivity index (χ1v) is 9.81. The molecule has 0 aromatic heterocycles. The van der Waals surface area contributed by atoms with Gasteiger partial charge in [-0.3, -0.25) is 14.9 Å². The second kappa shape index (κ2) is 6.38. The summed E-state index contributed by atoms with van der Waals surface area (Å²) in [5.74, 6) is -1.34. The molecule has 9 heteroatoms. The van der Waals surface area contributed by atoms with E-state index in [-0.39, 0.29) is 36.9 Å². The highest BCUT2D eigenvalue weighted by molar-refractivity contribution is 7.89. The maximum absolute atomic E-state index is 12.6. The molecule has 0 radical (unpaired) electrons. The fraction of sp³-hybridized carbons (Fsp3) is 0.562. The third kappa shape index (κ3) is 3.13. The van der Waals surface area contributed by atoms with E-state index in [9.17, 15) is 28.4 Å². The van der Waals surface area contributed by atoms with E-state index in [0.717, 1.165) is 12.8 Å². The summed E-state index contributed by atoms with van der Waals surface area (Å²) in [5.41, 5.74) is -0.701. The van der Waals surface area contributed by atoms with Crippen molar-refractivity contribution in [2.75, 3.05) is 18.8 Å². The Hall–Kier alpha value is -2.00. The Bertz CT molecular complexity index is 809. The molecule has 2 fully saturated rings. The van der Waals surface area contributed by atoms with E-state index >= 15 is 0 Å². The molecule has 0 unspecified atom stereocenters. The van der Waals surface area contributed by atoms with Gasteiger partial charge in [0.1, 0.15) is 0 Å². The quantitative estimate of drug-likeness (QED) is 0.602. The van der Waals surface area contributed by atoms with E-state index in [4.69, 9.17) is 0 Å². The summed E-state index contributed by atoms with van der Waals surface area (Å²) >= 11 is 0. The zero-order chi connectivity index (χ0) is 18.2. The number of nitro benzene ring substituents is 1. The molecule has 25 heavy (non-hydrogen) atoms. The van der Waals surface area contributed by atoms with Crippen LogP contribution in [0.3, 0.4) is 0 Å². The lowest BCUT2D eigenvalue weighted by molar-refractivity contribution is -0.385. The topological polar surface area (TPSA) is 118 Å². The van der Waals surface area contributed by atoms with Crippen LogP contribution in [0.15, 0.2) is 24.3 Å². The summed E-state index contributed by atoms with van der Waals surface area (Å²) in [6.45, 7) is 0.234. The zero-order valence-corrected chi connectivity index (χ0v) is 14.4. The Kier molecular flexibility index (Phi) is 4.54. The molecule has 2 aliphatic rings. The normalized spacial score (nSPS) is 26.5. The lowest BCUT2D eigenvalue weighted by atomic mass is 9.81. The number of nitro groups is 1. The monoisotopic (exact) mass is 368 g/mol. The molecular weight excluding hydrogens is 348 g/mol. The van der Waals surface area contributed by atoms with Crippen molar-refractivity contribution >= 4 is 21.7 Å². The number of sulfonamides is 1. The number of hydrogen-bond donors (Lipinski definition) is 1. The van der Waals surface area contributed by atoms with Crippen LogP contribution in [0.1, 0.15) is 24.8 Å². The Balaban J connectivity index is 1.74. The number of hydrogen-bond acceptors (Lipinski definition) is 5. The largest absolute Gasteiger partial charge is 0.481 e. The minimum atomic E-state index is -3.67. The van der Waals surface area contributed by atoms with Gasteiger partial charge in [-0.25, -0.2) is 12.7 Å². The van der Waals surface area contributed by atoms with Gasteiger partial charge >= 0.3 is 5.97 Å². The average molecular weight is 368 g/mol. The SMILES string of the molecule is O=C(O)[C@@]12CCC[C@H]1CN(S(=O)(=O)CCc1ccccc1[N+](=O)[O-])C2. The summed E-state index contributed by atoms with van der Waals surface area (Å²) in [4.78, 5) is 22.2. The van der Waals surface area contributed by atoms with E-state index in [1.807, 2.05) is 0 Å². The fourth-order valence-electron chi connectivity index (χ4n) is 4.07. The molecule has 1 aromatic rings. The second-order valence-corrected chi connectivity index (χ2v) is 8.88. The van der Waals surface area contributed by atoms with E-state index in [0.29, 0.717) is 12.0 Å². The van der Waals surface area contributed by atoms with Gasteiger partial charge in [0.05, 0.1) is 16.1 Å². The first kappa shape index (κ1) is 17.8. The zero-order valence-electron chi connectivity index (χ0n) is 13.6. The highest BCUT2D eigenvalue weighted by atomic mass is 32.2. The summed E-state index contributed by atoms with van der Waals surface area (Å²) in [6, 6.07) is 6.07. The van der Waals surface area contributed by atoms with Crippen LogP contribution in [0, 0.1) is 21.4 Å². The molecule has 8 nitrogen and oxygen atoms in total. The van der Waals surface area contributed by atoms with Crippen LogP contribution in [0.2, 0.25) is 0 Å². The summed E-state index contributed by atoms with van der Waals surface area (Å²) in [5, 5.41) is 20.6. The van der Waals surface area contributed by atoms with Gasteiger partial charge in [-0.1, -0.05) is 24.6 Å². The van der Waals surface area contributed by atoms with Gasteiger partial charge in [0.15, 0.2) is 0 Å². The number of carboxylic acid groups (broad SMARTS) is 1. The average Bonchev–Trinajstić information content (AvgIpc) is 3.12. The Morgan fingerprint density at radius 3 is 2.76 bits per heavy atom. The van der Waals surface area contributed by atoms with Gasteiger partial charge < -0.3 is 5.11 Å². The molecule has 2 atom stereocenters. The van der Waals surface area contributed by atoms with E-state index in [2.05, 4.69) is 0 Å². The van der Waals surface area contributed by atoms with Crippen LogP contribution >= 0.6 is 0 Å². The van der Waals surface area contributed by atoms with Crippen molar-refractivity contribution in [3.63, 3.8) is 0 Å². The van der Waals surface area contributed by atoms with Gasteiger partial charge in [-0.2, -0.15) is 0 Å². The van der Waals surface area contributed by atoms with Crippen molar-refractivity contribution in [2.24, 2.45) is 11.3 Å².